The van der Waals surface area contributed by atoms with Crippen LogP contribution in [0, 0.1) is 5.92 Å². The van der Waals surface area contributed by atoms with Crippen molar-refractivity contribution in [2.24, 2.45) is 5.92 Å². The highest BCUT2D eigenvalue weighted by Gasteiger charge is 2.23. The first kappa shape index (κ1) is 14.3. The largest absolute Gasteiger partial charge is 0.396 e. The number of aromatic nitrogens is 1. The molecule has 1 aromatic heterocycles. The van der Waals surface area contributed by atoms with Crippen LogP contribution >= 0.6 is 11.6 Å². The normalized spacial score (nSPS) is 16.7. The van der Waals surface area contributed by atoms with E-state index in [-0.39, 0.29) is 12.5 Å². The van der Waals surface area contributed by atoms with Gasteiger partial charge in [-0.1, -0.05) is 18.5 Å². The number of aryl methyl sites for hydroxylation is 1. The Bertz CT molecular complexity index is 457. The van der Waals surface area contributed by atoms with Crippen molar-refractivity contribution in [1.29, 1.82) is 0 Å². The summed E-state index contributed by atoms with van der Waals surface area (Å²) in [6.07, 6.45) is 2.48. The minimum atomic E-state index is 0.00962. The van der Waals surface area contributed by atoms with Crippen molar-refractivity contribution in [3.05, 3.63) is 28.5 Å². The van der Waals surface area contributed by atoms with Crippen LogP contribution in [0.1, 0.15) is 35.8 Å². The molecule has 2 heterocycles. The predicted molar refractivity (Wildman–Crippen MR) is 74.3 cm³/mol. The second-order valence-corrected chi connectivity index (χ2v) is 5.33. The molecule has 0 atom stereocenters. The van der Waals surface area contributed by atoms with Crippen molar-refractivity contribution in [3.63, 3.8) is 0 Å². The summed E-state index contributed by atoms with van der Waals surface area (Å²) in [5.41, 5.74) is 1.44. The Morgan fingerprint density at radius 2 is 2.16 bits per heavy atom. The summed E-state index contributed by atoms with van der Waals surface area (Å²) in [4.78, 5) is 18.4. The number of carbonyl (C=O) groups is 1. The van der Waals surface area contributed by atoms with Crippen LogP contribution in [0.4, 0.5) is 0 Å². The molecule has 0 bridgehead atoms. The minimum Gasteiger partial charge on any atom is -0.396 e. The molecule has 0 aliphatic carbocycles. The van der Waals surface area contributed by atoms with Crippen LogP contribution in [-0.2, 0) is 6.42 Å². The quantitative estimate of drug-likeness (QED) is 0.864. The van der Waals surface area contributed by atoms with Crippen molar-refractivity contribution in [2.45, 2.75) is 26.2 Å². The van der Waals surface area contributed by atoms with Gasteiger partial charge in [0.15, 0.2) is 0 Å². The molecule has 1 aromatic rings. The molecule has 4 nitrogen and oxygen atoms in total. The molecular weight excluding hydrogens is 264 g/mol. The van der Waals surface area contributed by atoms with Crippen molar-refractivity contribution in [2.75, 3.05) is 19.7 Å². The number of likely N-dealkylation sites (tertiary alicyclic amines) is 1. The zero-order valence-electron chi connectivity index (χ0n) is 11.1. The molecule has 1 amide bonds. The molecule has 104 valence electrons. The Kier molecular flexibility index (Phi) is 4.77. The van der Waals surface area contributed by atoms with Crippen LogP contribution in [0.25, 0.3) is 0 Å². The summed E-state index contributed by atoms with van der Waals surface area (Å²) < 4.78 is 0. The highest BCUT2D eigenvalue weighted by Crippen LogP contribution is 2.20. The van der Waals surface area contributed by atoms with Gasteiger partial charge >= 0.3 is 0 Å². The number of piperidine rings is 1. The first-order valence-corrected chi connectivity index (χ1v) is 7.08. The molecule has 1 aliphatic rings. The molecule has 1 fully saturated rings. The van der Waals surface area contributed by atoms with Crippen molar-refractivity contribution in [1.82, 2.24) is 9.88 Å². The van der Waals surface area contributed by atoms with Gasteiger partial charge in [0.2, 0.25) is 0 Å². The summed E-state index contributed by atoms with van der Waals surface area (Å²) in [7, 11) is 0. The third-order valence-electron chi connectivity index (χ3n) is 3.62. The maximum absolute atomic E-state index is 12.4. The third kappa shape index (κ3) is 3.45. The van der Waals surface area contributed by atoms with E-state index in [9.17, 15) is 4.79 Å². The fourth-order valence-electron chi connectivity index (χ4n) is 2.36. The van der Waals surface area contributed by atoms with Crippen LogP contribution in [0.2, 0.25) is 5.15 Å². The number of hydrogen-bond acceptors (Lipinski definition) is 3. The number of hydrogen-bond donors (Lipinski definition) is 1. The maximum atomic E-state index is 12.4. The molecule has 0 radical (unpaired) electrons. The number of halogens is 1. The van der Waals surface area contributed by atoms with Gasteiger partial charge in [-0.25, -0.2) is 4.98 Å². The lowest BCUT2D eigenvalue weighted by Crippen LogP contribution is -2.39. The molecule has 1 saturated heterocycles. The lowest BCUT2D eigenvalue weighted by molar-refractivity contribution is 0.0650. The molecular formula is C14H19ClN2O2. The Labute approximate surface area is 118 Å². The Hall–Kier alpha value is -1.13. The predicted octanol–water partition coefficient (Wildman–Crippen LogP) is 2.14. The Morgan fingerprint density at radius 1 is 1.47 bits per heavy atom. The number of carbonyl (C=O) groups excluding carboxylic acids is 1. The minimum absolute atomic E-state index is 0.00962. The van der Waals surface area contributed by atoms with E-state index in [0.717, 1.165) is 25.0 Å². The van der Waals surface area contributed by atoms with Crippen LogP contribution in [0.15, 0.2) is 12.1 Å². The highest BCUT2D eigenvalue weighted by atomic mass is 35.5. The number of aliphatic hydroxyl groups is 1. The average Bonchev–Trinajstić information content (AvgIpc) is 2.46. The van der Waals surface area contributed by atoms with E-state index in [1.165, 1.54) is 0 Å². The fourth-order valence-corrected chi connectivity index (χ4v) is 2.58. The zero-order chi connectivity index (χ0) is 13.8. The molecule has 5 heteroatoms. The van der Waals surface area contributed by atoms with Gasteiger partial charge in [-0.05, 0) is 37.3 Å². The average molecular weight is 283 g/mol. The summed E-state index contributed by atoms with van der Waals surface area (Å²) in [5.74, 6) is 0.340. The second-order valence-electron chi connectivity index (χ2n) is 4.94. The first-order valence-electron chi connectivity index (χ1n) is 6.70. The Balaban J connectivity index is 2.09. The van der Waals surface area contributed by atoms with E-state index in [4.69, 9.17) is 16.7 Å². The molecule has 19 heavy (non-hydrogen) atoms. The van der Waals surface area contributed by atoms with Gasteiger partial charge in [0.25, 0.3) is 5.91 Å². The number of rotatable bonds is 3. The number of aliphatic hydroxyl groups excluding tert-OH is 1. The van der Waals surface area contributed by atoms with Crippen LogP contribution in [0.3, 0.4) is 0 Å². The van der Waals surface area contributed by atoms with E-state index in [0.29, 0.717) is 29.7 Å². The SMILES string of the molecule is CCc1cc(C(=O)N2CCC(CO)CC2)cc(Cl)n1. The van der Waals surface area contributed by atoms with Crippen molar-refractivity contribution >= 4 is 17.5 Å². The van der Waals surface area contributed by atoms with Gasteiger partial charge < -0.3 is 10.0 Å². The van der Waals surface area contributed by atoms with Crippen molar-refractivity contribution < 1.29 is 9.90 Å². The maximum Gasteiger partial charge on any atom is 0.254 e. The van der Waals surface area contributed by atoms with Gasteiger partial charge in [0.05, 0.1) is 0 Å². The molecule has 1 N–H and O–H groups in total. The zero-order valence-corrected chi connectivity index (χ0v) is 11.9. The molecule has 0 saturated carbocycles. The van der Waals surface area contributed by atoms with Gasteiger partial charge in [-0.3, -0.25) is 4.79 Å². The van der Waals surface area contributed by atoms with Crippen LogP contribution in [0.5, 0.6) is 0 Å². The molecule has 2 rings (SSSR count). The smallest absolute Gasteiger partial charge is 0.254 e. The summed E-state index contributed by atoms with van der Waals surface area (Å²) in [6, 6.07) is 3.44. The summed E-state index contributed by atoms with van der Waals surface area (Å²) >= 11 is 5.94. The highest BCUT2D eigenvalue weighted by molar-refractivity contribution is 6.29. The van der Waals surface area contributed by atoms with Crippen molar-refractivity contribution in [3.8, 4) is 0 Å². The molecule has 1 aliphatic heterocycles. The van der Waals surface area contributed by atoms with E-state index in [1.807, 2.05) is 17.9 Å². The van der Waals surface area contributed by atoms with E-state index >= 15 is 0 Å². The number of nitrogens with zero attached hydrogens (tertiary/aromatic N) is 2. The fraction of sp³-hybridized carbons (Fsp3) is 0.571. The number of pyridine rings is 1. The number of amides is 1. The van der Waals surface area contributed by atoms with E-state index in [2.05, 4.69) is 4.98 Å². The van der Waals surface area contributed by atoms with E-state index in [1.54, 1.807) is 6.07 Å². The summed E-state index contributed by atoms with van der Waals surface area (Å²) in [6.45, 7) is 3.60. The first-order chi connectivity index (χ1) is 9.13. The van der Waals surface area contributed by atoms with Crippen LogP contribution < -0.4 is 0 Å². The second kappa shape index (κ2) is 6.35. The third-order valence-corrected chi connectivity index (χ3v) is 3.81. The van der Waals surface area contributed by atoms with Gasteiger partial charge in [-0.15, -0.1) is 0 Å². The topological polar surface area (TPSA) is 53.4 Å². The standard InChI is InChI=1S/C14H19ClN2O2/c1-2-12-7-11(8-13(15)16-12)14(19)17-5-3-10(9-18)4-6-17/h7-8,10,18H,2-6,9H2,1H3. The van der Waals surface area contributed by atoms with Gasteiger partial charge in [-0.2, -0.15) is 0 Å². The lowest BCUT2D eigenvalue weighted by Gasteiger charge is -2.31. The van der Waals surface area contributed by atoms with Gasteiger partial charge in [0.1, 0.15) is 5.15 Å². The Morgan fingerprint density at radius 3 is 2.74 bits per heavy atom. The summed E-state index contributed by atoms with van der Waals surface area (Å²) in [5, 5.41) is 9.48. The monoisotopic (exact) mass is 282 g/mol. The molecule has 0 unspecified atom stereocenters. The van der Waals surface area contributed by atoms with Crippen LogP contribution in [-0.4, -0.2) is 40.6 Å². The van der Waals surface area contributed by atoms with E-state index < -0.39 is 0 Å². The molecule has 0 aromatic carbocycles. The lowest BCUT2D eigenvalue weighted by atomic mass is 9.97. The van der Waals surface area contributed by atoms with Gasteiger partial charge in [0, 0.05) is 31.0 Å². The molecule has 0 spiro atoms.